The summed E-state index contributed by atoms with van der Waals surface area (Å²) in [5.74, 6) is -0.162. The number of benzene rings is 1. The molecule has 0 unspecified atom stereocenters. The molecule has 0 fully saturated rings. The minimum absolute atomic E-state index is 0.162. The van der Waals surface area contributed by atoms with Gasteiger partial charge in [0.2, 0.25) is 5.91 Å². The molecule has 6 heteroatoms. The Kier molecular flexibility index (Phi) is 5.31. The molecule has 0 bridgehead atoms. The first-order chi connectivity index (χ1) is 12.5. The van der Waals surface area contributed by atoms with E-state index in [4.69, 9.17) is 0 Å². The van der Waals surface area contributed by atoms with Gasteiger partial charge in [-0.25, -0.2) is 4.98 Å². The summed E-state index contributed by atoms with van der Waals surface area (Å²) in [6.45, 7) is 5.50. The summed E-state index contributed by atoms with van der Waals surface area (Å²) in [6.07, 6.45) is 1.86. The Hall–Kier alpha value is -2.75. The van der Waals surface area contributed by atoms with Crippen molar-refractivity contribution < 1.29 is 4.79 Å². The van der Waals surface area contributed by atoms with Crippen LogP contribution in [0.4, 0.5) is 5.00 Å². The second-order valence-electron chi connectivity index (χ2n) is 5.88. The average Bonchev–Trinajstić information content (AvgIpc) is 3.19. The predicted molar refractivity (Wildman–Crippen MR) is 109 cm³/mol. The van der Waals surface area contributed by atoms with E-state index in [1.165, 1.54) is 18.3 Å². The van der Waals surface area contributed by atoms with E-state index in [2.05, 4.69) is 16.4 Å². The molecule has 0 atom stereocenters. The molecule has 0 saturated carbocycles. The Bertz CT molecular complexity index is 1020. The van der Waals surface area contributed by atoms with E-state index in [1.54, 1.807) is 11.3 Å². The third kappa shape index (κ3) is 3.90. The van der Waals surface area contributed by atoms with Crippen LogP contribution in [0.25, 0.3) is 22.9 Å². The van der Waals surface area contributed by atoms with Gasteiger partial charge >= 0.3 is 0 Å². The Morgan fingerprint density at radius 1 is 1.23 bits per heavy atom. The smallest absolute Gasteiger partial charge is 0.221 e. The SMILES string of the molecule is CC(=O)Nc1sc(/C(C#N)=C/c2sccc2C)nc1-c1ccc(C)cc1. The number of aryl methyl sites for hydroxylation is 2. The van der Waals surface area contributed by atoms with Crippen molar-refractivity contribution in [2.45, 2.75) is 20.8 Å². The van der Waals surface area contributed by atoms with E-state index < -0.39 is 0 Å². The lowest BCUT2D eigenvalue weighted by atomic mass is 10.1. The Morgan fingerprint density at radius 2 is 1.96 bits per heavy atom. The van der Waals surface area contributed by atoms with Gasteiger partial charge in [0.05, 0.1) is 5.57 Å². The normalized spacial score (nSPS) is 11.2. The van der Waals surface area contributed by atoms with Crippen molar-refractivity contribution >= 4 is 45.2 Å². The summed E-state index contributed by atoms with van der Waals surface area (Å²) in [7, 11) is 0. The van der Waals surface area contributed by atoms with Gasteiger partial charge in [0, 0.05) is 17.4 Å². The lowest BCUT2D eigenvalue weighted by Crippen LogP contribution is -2.05. The zero-order valence-corrected chi connectivity index (χ0v) is 16.3. The van der Waals surface area contributed by atoms with Crippen LogP contribution in [0.15, 0.2) is 35.7 Å². The van der Waals surface area contributed by atoms with E-state index in [0.29, 0.717) is 21.3 Å². The molecule has 130 valence electrons. The first-order valence-corrected chi connectivity index (χ1v) is 9.69. The number of amides is 1. The quantitative estimate of drug-likeness (QED) is 0.608. The molecular weight excluding hydrogens is 362 g/mol. The fourth-order valence-corrected chi connectivity index (χ4v) is 4.25. The summed E-state index contributed by atoms with van der Waals surface area (Å²) in [6, 6.07) is 12.2. The molecule has 26 heavy (non-hydrogen) atoms. The fourth-order valence-electron chi connectivity index (χ4n) is 2.39. The monoisotopic (exact) mass is 379 g/mol. The molecule has 2 aromatic heterocycles. The van der Waals surface area contributed by atoms with Crippen LogP contribution in [-0.2, 0) is 4.79 Å². The molecule has 1 aromatic carbocycles. The van der Waals surface area contributed by atoms with E-state index in [1.807, 2.05) is 55.6 Å². The number of aromatic nitrogens is 1. The number of thiophene rings is 1. The Labute approximate surface area is 160 Å². The lowest BCUT2D eigenvalue weighted by Gasteiger charge is -2.03. The van der Waals surface area contributed by atoms with Crippen LogP contribution in [-0.4, -0.2) is 10.9 Å². The van der Waals surface area contributed by atoms with Crippen LogP contribution >= 0.6 is 22.7 Å². The highest BCUT2D eigenvalue weighted by Gasteiger charge is 2.17. The van der Waals surface area contributed by atoms with Crippen molar-refractivity contribution in [1.29, 1.82) is 5.26 Å². The average molecular weight is 380 g/mol. The standard InChI is InChI=1S/C20H17N3OS2/c1-12-4-6-15(7-5-12)18-20(22-14(3)24)26-19(23-18)16(11-21)10-17-13(2)8-9-25-17/h4-10H,1-3H3,(H,22,24)/b16-10+. The number of carbonyl (C=O) groups is 1. The van der Waals surface area contributed by atoms with E-state index in [9.17, 15) is 10.1 Å². The molecule has 1 amide bonds. The third-order valence-corrected chi connectivity index (χ3v) is 5.74. The Morgan fingerprint density at radius 3 is 2.54 bits per heavy atom. The van der Waals surface area contributed by atoms with Gasteiger partial charge in [-0.1, -0.05) is 41.2 Å². The highest BCUT2D eigenvalue weighted by molar-refractivity contribution is 7.17. The zero-order chi connectivity index (χ0) is 18.7. The zero-order valence-electron chi connectivity index (χ0n) is 14.7. The second-order valence-corrected chi connectivity index (χ2v) is 7.83. The number of nitrogens with zero attached hydrogens (tertiary/aromatic N) is 2. The van der Waals surface area contributed by atoms with Crippen LogP contribution in [0.2, 0.25) is 0 Å². The molecule has 3 aromatic rings. The summed E-state index contributed by atoms with van der Waals surface area (Å²) >= 11 is 2.91. The highest BCUT2D eigenvalue weighted by atomic mass is 32.1. The number of thiazole rings is 1. The first kappa shape index (κ1) is 18.1. The molecule has 0 spiro atoms. The van der Waals surface area contributed by atoms with Crippen LogP contribution in [0.1, 0.15) is 27.9 Å². The molecule has 1 N–H and O–H groups in total. The topological polar surface area (TPSA) is 65.8 Å². The van der Waals surface area contributed by atoms with E-state index >= 15 is 0 Å². The van der Waals surface area contributed by atoms with Gasteiger partial charge in [-0.3, -0.25) is 4.79 Å². The van der Waals surface area contributed by atoms with Gasteiger partial charge in [0.15, 0.2) is 0 Å². The number of carbonyl (C=O) groups excluding carboxylic acids is 1. The number of nitrogens with one attached hydrogen (secondary N) is 1. The number of nitriles is 1. The van der Waals surface area contributed by atoms with Gasteiger partial charge < -0.3 is 5.32 Å². The van der Waals surface area contributed by atoms with Gasteiger partial charge in [-0.2, -0.15) is 5.26 Å². The van der Waals surface area contributed by atoms with Gasteiger partial charge in [-0.15, -0.1) is 11.3 Å². The summed E-state index contributed by atoms with van der Waals surface area (Å²) in [5, 5.41) is 15.7. The molecule has 0 aliphatic heterocycles. The van der Waals surface area contributed by atoms with Gasteiger partial charge in [0.25, 0.3) is 0 Å². The van der Waals surface area contributed by atoms with Crippen molar-refractivity contribution in [3.05, 3.63) is 56.7 Å². The molecule has 0 saturated heterocycles. The maximum Gasteiger partial charge on any atom is 0.221 e. The largest absolute Gasteiger partial charge is 0.316 e. The van der Waals surface area contributed by atoms with E-state index in [0.717, 1.165) is 21.6 Å². The van der Waals surface area contributed by atoms with Gasteiger partial charge in [0.1, 0.15) is 21.8 Å². The maximum absolute atomic E-state index is 11.6. The predicted octanol–water partition coefficient (Wildman–Crippen LogP) is 5.51. The first-order valence-electron chi connectivity index (χ1n) is 7.99. The van der Waals surface area contributed by atoms with Crippen molar-refractivity contribution in [3.8, 4) is 17.3 Å². The van der Waals surface area contributed by atoms with Crippen LogP contribution in [0.5, 0.6) is 0 Å². The molecule has 0 aliphatic rings. The fraction of sp³-hybridized carbons (Fsp3) is 0.150. The number of anilines is 1. The molecule has 0 aliphatic carbocycles. The third-order valence-electron chi connectivity index (χ3n) is 3.77. The minimum Gasteiger partial charge on any atom is -0.316 e. The van der Waals surface area contributed by atoms with Crippen LogP contribution in [0.3, 0.4) is 0 Å². The lowest BCUT2D eigenvalue weighted by molar-refractivity contribution is -0.114. The second kappa shape index (κ2) is 7.65. The number of hydrogen-bond acceptors (Lipinski definition) is 5. The number of hydrogen-bond donors (Lipinski definition) is 1. The van der Waals surface area contributed by atoms with E-state index in [-0.39, 0.29) is 5.91 Å². The van der Waals surface area contributed by atoms with Crippen molar-refractivity contribution in [1.82, 2.24) is 4.98 Å². The highest BCUT2D eigenvalue weighted by Crippen LogP contribution is 2.37. The van der Waals surface area contributed by atoms with Gasteiger partial charge in [-0.05, 0) is 36.9 Å². The Balaban J connectivity index is 2.09. The molecular formula is C20H17N3OS2. The molecule has 4 nitrogen and oxygen atoms in total. The number of rotatable bonds is 4. The van der Waals surface area contributed by atoms with Crippen molar-refractivity contribution in [3.63, 3.8) is 0 Å². The summed E-state index contributed by atoms with van der Waals surface area (Å²) < 4.78 is 0. The molecule has 2 heterocycles. The van der Waals surface area contributed by atoms with Crippen LogP contribution < -0.4 is 5.32 Å². The van der Waals surface area contributed by atoms with Crippen molar-refractivity contribution in [2.75, 3.05) is 5.32 Å². The molecule has 3 rings (SSSR count). The number of allylic oxidation sites excluding steroid dienone is 1. The van der Waals surface area contributed by atoms with Crippen LogP contribution in [0, 0.1) is 25.2 Å². The maximum atomic E-state index is 11.6. The summed E-state index contributed by atoms with van der Waals surface area (Å²) in [5.41, 5.74) is 4.36. The minimum atomic E-state index is -0.162. The van der Waals surface area contributed by atoms with Crippen molar-refractivity contribution in [2.24, 2.45) is 0 Å². The molecule has 0 radical (unpaired) electrons. The summed E-state index contributed by atoms with van der Waals surface area (Å²) in [4.78, 5) is 17.3.